The van der Waals surface area contributed by atoms with Crippen LogP contribution in [-0.4, -0.2) is 28.4 Å². The summed E-state index contributed by atoms with van der Waals surface area (Å²) in [6.45, 7) is 15.5. The normalized spacial score (nSPS) is 12.8. The molecule has 34 heavy (non-hydrogen) atoms. The van der Waals surface area contributed by atoms with Crippen LogP contribution in [0, 0.1) is 6.92 Å². The van der Waals surface area contributed by atoms with Gasteiger partial charge in [0.25, 0.3) is 5.91 Å². The molecule has 1 aliphatic rings. The van der Waals surface area contributed by atoms with E-state index in [0.717, 1.165) is 43.4 Å². The number of hydrogen-bond donors (Lipinski definition) is 0. The van der Waals surface area contributed by atoms with Crippen molar-refractivity contribution in [2.24, 2.45) is 0 Å². The third kappa shape index (κ3) is 8.43. The molecule has 2 aromatic carbocycles. The molecule has 0 aliphatic carbocycles. The Kier molecular flexibility index (Phi) is 14.2. The SMILES string of the molecule is CC.CCC.CCCC(CC)N1CCc2c(ccc3ccccc23)C1=O.Cc1ccc(Cl)nc1. The topological polar surface area (TPSA) is 33.2 Å². The Morgan fingerprint density at radius 3 is 2.24 bits per heavy atom. The van der Waals surface area contributed by atoms with E-state index in [0.29, 0.717) is 11.2 Å². The highest BCUT2D eigenvalue weighted by Gasteiger charge is 2.29. The van der Waals surface area contributed by atoms with Gasteiger partial charge in [-0.05, 0) is 60.2 Å². The number of carbonyl (C=O) groups excluding carboxylic acids is 1. The van der Waals surface area contributed by atoms with Gasteiger partial charge in [-0.15, -0.1) is 0 Å². The number of benzene rings is 2. The zero-order valence-corrected chi connectivity index (χ0v) is 23.0. The predicted octanol–water partition coefficient (Wildman–Crippen LogP) is 8.90. The van der Waals surface area contributed by atoms with Gasteiger partial charge in [-0.25, -0.2) is 4.98 Å². The Hall–Kier alpha value is -2.39. The van der Waals surface area contributed by atoms with E-state index in [4.69, 9.17) is 11.6 Å². The summed E-state index contributed by atoms with van der Waals surface area (Å²) in [6.07, 6.45) is 7.24. The number of aromatic nitrogens is 1. The largest absolute Gasteiger partial charge is 0.335 e. The number of nitrogens with zero attached hydrogens (tertiary/aromatic N) is 2. The number of amides is 1. The Morgan fingerprint density at radius 2 is 1.68 bits per heavy atom. The highest BCUT2D eigenvalue weighted by Crippen LogP contribution is 2.29. The number of aryl methyl sites for hydroxylation is 1. The van der Waals surface area contributed by atoms with Gasteiger partial charge < -0.3 is 4.90 Å². The average molecular weight is 483 g/mol. The van der Waals surface area contributed by atoms with Crippen molar-refractivity contribution in [2.75, 3.05) is 6.54 Å². The predicted molar refractivity (Wildman–Crippen MR) is 149 cm³/mol. The standard InChI is InChI=1S/C19H23NO.C6H6ClN.C3H8.C2H6/c1-3-7-15(4-2)20-13-12-17-16-9-6-5-8-14(16)10-11-18(17)19(20)21;1-5-2-3-6(7)8-4-5;1-3-2;1-2/h5-6,8-11,15H,3-4,7,12-13H2,1-2H3;2-4H,1H3;3H2,1-2H3;1-2H3. The van der Waals surface area contributed by atoms with Gasteiger partial charge in [0, 0.05) is 24.3 Å². The summed E-state index contributed by atoms with van der Waals surface area (Å²) >= 11 is 5.50. The molecule has 0 bridgehead atoms. The first-order valence-electron chi connectivity index (χ1n) is 12.9. The summed E-state index contributed by atoms with van der Waals surface area (Å²) in [7, 11) is 0. The monoisotopic (exact) mass is 482 g/mol. The van der Waals surface area contributed by atoms with Crippen molar-refractivity contribution in [3.05, 3.63) is 76.6 Å². The molecule has 0 N–H and O–H groups in total. The van der Waals surface area contributed by atoms with Crippen molar-refractivity contribution in [1.82, 2.24) is 9.88 Å². The summed E-state index contributed by atoms with van der Waals surface area (Å²) in [6, 6.07) is 16.6. The molecule has 1 unspecified atom stereocenters. The summed E-state index contributed by atoms with van der Waals surface area (Å²) in [4.78, 5) is 18.8. The van der Waals surface area contributed by atoms with Gasteiger partial charge in [-0.3, -0.25) is 4.79 Å². The van der Waals surface area contributed by atoms with Gasteiger partial charge in [-0.1, -0.05) is 102 Å². The highest BCUT2D eigenvalue weighted by atomic mass is 35.5. The maximum Gasteiger partial charge on any atom is 0.254 e. The van der Waals surface area contributed by atoms with Crippen LogP contribution in [0.4, 0.5) is 0 Å². The molecule has 3 nitrogen and oxygen atoms in total. The third-order valence-corrected chi connectivity index (χ3v) is 5.77. The second-order valence-corrected chi connectivity index (χ2v) is 8.66. The quantitative estimate of drug-likeness (QED) is 0.347. The van der Waals surface area contributed by atoms with Gasteiger partial charge in [0.05, 0.1) is 0 Å². The summed E-state index contributed by atoms with van der Waals surface area (Å²) < 4.78 is 0. The average Bonchev–Trinajstić information content (AvgIpc) is 2.87. The van der Waals surface area contributed by atoms with Gasteiger partial charge in [-0.2, -0.15) is 0 Å². The molecule has 0 saturated heterocycles. The zero-order valence-electron chi connectivity index (χ0n) is 22.2. The van der Waals surface area contributed by atoms with Crippen molar-refractivity contribution in [3.8, 4) is 0 Å². The zero-order chi connectivity index (χ0) is 25.5. The van der Waals surface area contributed by atoms with Crippen LogP contribution in [0.1, 0.15) is 88.7 Å². The molecule has 4 heteroatoms. The first kappa shape index (κ1) is 29.6. The minimum atomic E-state index is 0.224. The summed E-state index contributed by atoms with van der Waals surface area (Å²) in [5, 5.41) is 3.03. The van der Waals surface area contributed by atoms with E-state index < -0.39 is 0 Å². The Balaban J connectivity index is 0.000000369. The maximum atomic E-state index is 12.9. The van der Waals surface area contributed by atoms with Crippen LogP contribution >= 0.6 is 11.6 Å². The van der Waals surface area contributed by atoms with Crippen molar-refractivity contribution < 1.29 is 4.79 Å². The minimum Gasteiger partial charge on any atom is -0.335 e. The fourth-order valence-corrected chi connectivity index (χ4v) is 4.12. The van der Waals surface area contributed by atoms with Crippen LogP contribution in [0.5, 0.6) is 0 Å². The summed E-state index contributed by atoms with van der Waals surface area (Å²) in [5.41, 5.74) is 3.28. The molecule has 1 atom stereocenters. The number of carbonyl (C=O) groups is 1. The van der Waals surface area contributed by atoms with E-state index in [2.05, 4.69) is 67.9 Å². The first-order valence-corrected chi connectivity index (χ1v) is 13.2. The molecular formula is C30H43ClN2O. The van der Waals surface area contributed by atoms with Gasteiger partial charge in [0.1, 0.15) is 5.15 Å². The van der Waals surface area contributed by atoms with E-state index in [1.54, 1.807) is 12.3 Å². The smallest absolute Gasteiger partial charge is 0.254 e. The van der Waals surface area contributed by atoms with Crippen LogP contribution in [-0.2, 0) is 6.42 Å². The first-order chi connectivity index (χ1) is 16.5. The van der Waals surface area contributed by atoms with Crippen LogP contribution in [0.3, 0.4) is 0 Å². The van der Waals surface area contributed by atoms with Crippen LogP contribution in [0.25, 0.3) is 10.8 Å². The van der Waals surface area contributed by atoms with E-state index in [-0.39, 0.29) is 5.91 Å². The van der Waals surface area contributed by atoms with Crippen LogP contribution < -0.4 is 0 Å². The molecule has 1 aliphatic heterocycles. The van der Waals surface area contributed by atoms with Crippen molar-refractivity contribution in [1.29, 1.82) is 0 Å². The Labute approximate surface area is 212 Å². The minimum absolute atomic E-state index is 0.224. The Bertz CT molecular complexity index is 964. The van der Waals surface area contributed by atoms with Gasteiger partial charge in [0.15, 0.2) is 0 Å². The molecule has 186 valence electrons. The molecule has 4 rings (SSSR count). The third-order valence-electron chi connectivity index (χ3n) is 5.54. The van der Waals surface area contributed by atoms with E-state index in [1.807, 2.05) is 32.9 Å². The molecule has 0 radical (unpaired) electrons. The lowest BCUT2D eigenvalue weighted by molar-refractivity contribution is 0.0644. The van der Waals surface area contributed by atoms with E-state index in [1.165, 1.54) is 22.8 Å². The molecule has 1 aromatic heterocycles. The van der Waals surface area contributed by atoms with Gasteiger partial charge >= 0.3 is 0 Å². The van der Waals surface area contributed by atoms with Gasteiger partial charge in [0.2, 0.25) is 0 Å². The maximum absolute atomic E-state index is 12.9. The number of halogens is 1. The number of rotatable bonds is 4. The number of hydrogen-bond acceptors (Lipinski definition) is 2. The lowest BCUT2D eigenvalue weighted by Gasteiger charge is -2.35. The van der Waals surface area contributed by atoms with Crippen LogP contribution in [0.15, 0.2) is 54.7 Å². The lowest BCUT2D eigenvalue weighted by Crippen LogP contribution is -2.44. The van der Waals surface area contributed by atoms with E-state index in [9.17, 15) is 4.79 Å². The molecular weight excluding hydrogens is 440 g/mol. The molecule has 0 spiro atoms. The molecule has 0 saturated carbocycles. The fourth-order valence-electron chi connectivity index (χ4n) is 4.01. The molecule has 2 heterocycles. The second-order valence-electron chi connectivity index (χ2n) is 8.28. The van der Waals surface area contributed by atoms with E-state index >= 15 is 0 Å². The van der Waals surface area contributed by atoms with Crippen LogP contribution in [0.2, 0.25) is 5.15 Å². The van der Waals surface area contributed by atoms with Crippen molar-refractivity contribution in [2.45, 2.75) is 86.6 Å². The number of fused-ring (bicyclic) bond motifs is 3. The lowest BCUT2D eigenvalue weighted by atomic mass is 9.91. The fraction of sp³-hybridized carbons (Fsp3) is 0.467. The highest BCUT2D eigenvalue weighted by molar-refractivity contribution is 6.29. The second kappa shape index (κ2) is 16.3. The number of pyridine rings is 1. The molecule has 3 aromatic rings. The summed E-state index contributed by atoms with van der Waals surface area (Å²) in [5.74, 6) is 0.224. The Morgan fingerprint density at radius 1 is 1.00 bits per heavy atom. The molecule has 0 fully saturated rings. The molecule has 1 amide bonds. The van der Waals surface area contributed by atoms with Crippen molar-refractivity contribution in [3.63, 3.8) is 0 Å². The van der Waals surface area contributed by atoms with Crippen molar-refractivity contribution >= 4 is 28.3 Å².